The van der Waals surface area contributed by atoms with E-state index in [-0.39, 0.29) is 0 Å². The normalized spacial score (nSPS) is 11.3. The summed E-state index contributed by atoms with van der Waals surface area (Å²) in [6, 6.07) is 8.38. The lowest BCUT2D eigenvalue weighted by atomic mass is 10.1. The molecule has 1 N–H and O–H groups in total. The van der Waals surface area contributed by atoms with Gasteiger partial charge >= 0.3 is 0 Å². The number of hydrogen-bond donors (Lipinski definition) is 1. The second-order valence-electron chi connectivity index (χ2n) is 3.70. The Morgan fingerprint density at radius 3 is 2.93 bits per heavy atom. The smallest absolute Gasteiger partial charge is 0.138 e. The minimum absolute atomic E-state index is 0.957. The van der Waals surface area contributed by atoms with Crippen LogP contribution in [0.2, 0.25) is 0 Å². The number of fused-ring (bicyclic) bond motifs is 3. The monoisotopic (exact) mass is 260 g/mol. The summed E-state index contributed by atoms with van der Waals surface area (Å²) < 4.78 is 1.10. The fourth-order valence-electron chi connectivity index (χ4n) is 1.89. The maximum atomic E-state index is 4.39. The Balaban J connectivity index is 2.56. The molecule has 0 aliphatic carbocycles. The van der Waals surface area contributed by atoms with Gasteiger partial charge in [-0.1, -0.05) is 22.0 Å². The quantitative estimate of drug-likeness (QED) is 0.655. The Hall–Kier alpha value is -1.35. The molecular formula is C12H9BrN2. The molecule has 3 heteroatoms. The minimum atomic E-state index is 0.957. The predicted octanol–water partition coefficient (Wildman–Crippen LogP) is 3.79. The molecule has 2 aromatic heterocycles. The van der Waals surface area contributed by atoms with Crippen molar-refractivity contribution >= 4 is 37.7 Å². The maximum absolute atomic E-state index is 4.39. The standard InChI is InChI=1S/C12H9BrN2/c1-7-4-11-10-5-9(13)3-2-8(10)6-14-12(11)15-7/h2-6H,1H3,(H,14,15). The average Bonchev–Trinajstić information content (AvgIpc) is 2.58. The van der Waals surface area contributed by atoms with Crippen molar-refractivity contribution in [1.82, 2.24) is 9.97 Å². The van der Waals surface area contributed by atoms with Crippen LogP contribution in [0.3, 0.4) is 0 Å². The van der Waals surface area contributed by atoms with Crippen LogP contribution < -0.4 is 0 Å². The second kappa shape index (κ2) is 3.07. The zero-order chi connectivity index (χ0) is 10.4. The molecule has 0 aliphatic heterocycles. The van der Waals surface area contributed by atoms with Crippen molar-refractivity contribution in [2.75, 3.05) is 0 Å². The van der Waals surface area contributed by atoms with Gasteiger partial charge in [-0.05, 0) is 30.5 Å². The van der Waals surface area contributed by atoms with Gasteiger partial charge in [-0.3, -0.25) is 0 Å². The molecule has 0 bridgehead atoms. The number of halogens is 1. The van der Waals surface area contributed by atoms with Gasteiger partial charge in [0.15, 0.2) is 0 Å². The van der Waals surface area contributed by atoms with Crippen LogP contribution in [-0.4, -0.2) is 9.97 Å². The molecule has 74 valence electrons. The minimum Gasteiger partial charge on any atom is -0.344 e. The van der Waals surface area contributed by atoms with Crippen LogP contribution in [0.25, 0.3) is 21.8 Å². The summed E-state index contributed by atoms with van der Waals surface area (Å²) in [5, 5.41) is 3.59. The Bertz CT molecular complexity index is 655. The number of nitrogens with zero attached hydrogens (tertiary/aromatic N) is 1. The van der Waals surface area contributed by atoms with Crippen molar-refractivity contribution in [1.29, 1.82) is 0 Å². The molecule has 3 rings (SSSR count). The highest BCUT2D eigenvalue weighted by atomic mass is 79.9. The van der Waals surface area contributed by atoms with Crippen molar-refractivity contribution in [3.05, 3.63) is 40.6 Å². The fourth-order valence-corrected chi connectivity index (χ4v) is 2.25. The summed E-state index contributed by atoms with van der Waals surface area (Å²) in [6.07, 6.45) is 1.90. The number of pyridine rings is 1. The molecule has 2 heterocycles. The van der Waals surface area contributed by atoms with Crippen molar-refractivity contribution in [3.63, 3.8) is 0 Å². The van der Waals surface area contributed by atoms with Gasteiger partial charge in [-0.15, -0.1) is 0 Å². The van der Waals surface area contributed by atoms with Crippen LogP contribution in [0, 0.1) is 6.92 Å². The van der Waals surface area contributed by atoms with E-state index in [1.807, 2.05) is 19.2 Å². The van der Waals surface area contributed by atoms with E-state index in [1.165, 1.54) is 16.2 Å². The van der Waals surface area contributed by atoms with Crippen molar-refractivity contribution in [2.24, 2.45) is 0 Å². The van der Waals surface area contributed by atoms with Crippen LogP contribution in [0.15, 0.2) is 34.9 Å². The molecule has 0 amide bonds. The molecule has 1 aromatic carbocycles. The Kier molecular flexibility index (Phi) is 1.83. The predicted molar refractivity (Wildman–Crippen MR) is 66.0 cm³/mol. The van der Waals surface area contributed by atoms with E-state index in [2.05, 4.69) is 44.1 Å². The van der Waals surface area contributed by atoms with Gasteiger partial charge in [0.2, 0.25) is 0 Å². The molecule has 15 heavy (non-hydrogen) atoms. The average molecular weight is 261 g/mol. The second-order valence-corrected chi connectivity index (χ2v) is 4.62. The van der Waals surface area contributed by atoms with Gasteiger partial charge < -0.3 is 4.98 Å². The molecular weight excluding hydrogens is 252 g/mol. The first-order chi connectivity index (χ1) is 7.24. The van der Waals surface area contributed by atoms with Crippen molar-refractivity contribution < 1.29 is 0 Å². The highest BCUT2D eigenvalue weighted by molar-refractivity contribution is 9.10. The third kappa shape index (κ3) is 1.35. The highest BCUT2D eigenvalue weighted by Crippen LogP contribution is 2.26. The molecule has 0 spiro atoms. The van der Waals surface area contributed by atoms with Gasteiger partial charge in [0.1, 0.15) is 5.65 Å². The van der Waals surface area contributed by atoms with E-state index in [0.717, 1.165) is 15.8 Å². The van der Waals surface area contributed by atoms with Gasteiger partial charge in [-0.2, -0.15) is 0 Å². The number of aromatic nitrogens is 2. The summed E-state index contributed by atoms with van der Waals surface area (Å²) in [4.78, 5) is 7.63. The molecule has 0 unspecified atom stereocenters. The zero-order valence-corrected chi connectivity index (χ0v) is 9.80. The van der Waals surface area contributed by atoms with E-state index in [0.29, 0.717) is 0 Å². The summed E-state index contributed by atoms with van der Waals surface area (Å²) in [6.45, 7) is 2.05. The van der Waals surface area contributed by atoms with Crippen LogP contribution in [-0.2, 0) is 0 Å². The summed E-state index contributed by atoms with van der Waals surface area (Å²) in [7, 11) is 0. The van der Waals surface area contributed by atoms with Crippen molar-refractivity contribution in [2.45, 2.75) is 6.92 Å². The van der Waals surface area contributed by atoms with Crippen LogP contribution in [0.1, 0.15) is 5.69 Å². The van der Waals surface area contributed by atoms with Gasteiger partial charge in [0, 0.05) is 27.1 Å². The molecule has 2 nitrogen and oxygen atoms in total. The summed E-state index contributed by atoms with van der Waals surface area (Å²) in [5.41, 5.74) is 2.10. The molecule has 0 saturated heterocycles. The lowest BCUT2D eigenvalue weighted by molar-refractivity contribution is 1.25. The van der Waals surface area contributed by atoms with Gasteiger partial charge in [0.05, 0.1) is 0 Å². The number of aryl methyl sites for hydroxylation is 1. The maximum Gasteiger partial charge on any atom is 0.138 e. The third-order valence-corrected chi connectivity index (χ3v) is 3.06. The topological polar surface area (TPSA) is 28.7 Å². The van der Waals surface area contributed by atoms with Crippen LogP contribution in [0.5, 0.6) is 0 Å². The molecule has 3 aromatic rings. The molecule has 0 aliphatic rings. The Labute approximate surface area is 95.5 Å². The third-order valence-electron chi connectivity index (χ3n) is 2.57. The molecule has 0 saturated carbocycles. The van der Waals surface area contributed by atoms with E-state index in [1.54, 1.807) is 0 Å². The Morgan fingerprint density at radius 2 is 2.07 bits per heavy atom. The first-order valence-electron chi connectivity index (χ1n) is 4.77. The fraction of sp³-hybridized carbons (Fsp3) is 0.0833. The summed E-state index contributed by atoms with van der Waals surface area (Å²) >= 11 is 3.49. The van der Waals surface area contributed by atoms with Gasteiger partial charge in [0.25, 0.3) is 0 Å². The molecule has 0 fully saturated rings. The van der Waals surface area contributed by atoms with Crippen molar-refractivity contribution in [3.8, 4) is 0 Å². The number of hydrogen-bond acceptors (Lipinski definition) is 1. The van der Waals surface area contributed by atoms with E-state index in [4.69, 9.17) is 0 Å². The SMILES string of the molecule is Cc1cc2c(ncc3ccc(Br)cc32)[nH]1. The Morgan fingerprint density at radius 1 is 1.20 bits per heavy atom. The molecule has 0 radical (unpaired) electrons. The van der Waals surface area contributed by atoms with E-state index in [9.17, 15) is 0 Å². The van der Waals surface area contributed by atoms with Crippen LogP contribution in [0.4, 0.5) is 0 Å². The number of nitrogens with one attached hydrogen (secondary N) is 1. The number of rotatable bonds is 0. The lowest BCUT2D eigenvalue weighted by Crippen LogP contribution is -1.79. The van der Waals surface area contributed by atoms with Crippen LogP contribution >= 0.6 is 15.9 Å². The lowest BCUT2D eigenvalue weighted by Gasteiger charge is -1.99. The molecule has 0 atom stereocenters. The first-order valence-corrected chi connectivity index (χ1v) is 5.57. The van der Waals surface area contributed by atoms with Gasteiger partial charge in [-0.25, -0.2) is 4.98 Å². The first kappa shape index (κ1) is 8.92. The van der Waals surface area contributed by atoms with E-state index >= 15 is 0 Å². The highest BCUT2D eigenvalue weighted by Gasteiger charge is 2.04. The number of benzene rings is 1. The number of aromatic amines is 1. The zero-order valence-electron chi connectivity index (χ0n) is 8.21. The summed E-state index contributed by atoms with van der Waals surface area (Å²) in [5.74, 6) is 0. The largest absolute Gasteiger partial charge is 0.344 e. The van der Waals surface area contributed by atoms with E-state index < -0.39 is 0 Å². The number of H-pyrrole nitrogens is 1.